The molecule has 1 amide bonds. The number of amides is 1. The SMILES string of the molecule is CC(CO)C(C)NC(=O)c1ccc2c(c1)CNC2. The second-order valence-electron chi connectivity index (χ2n) is 5.01. The average molecular weight is 248 g/mol. The molecule has 0 fully saturated rings. The van der Waals surface area contributed by atoms with E-state index in [1.54, 1.807) is 0 Å². The Morgan fingerprint density at radius 3 is 2.83 bits per heavy atom. The van der Waals surface area contributed by atoms with Crippen LogP contribution in [0.4, 0.5) is 0 Å². The van der Waals surface area contributed by atoms with Gasteiger partial charge in [0.1, 0.15) is 0 Å². The molecule has 1 heterocycles. The fourth-order valence-corrected chi connectivity index (χ4v) is 2.03. The van der Waals surface area contributed by atoms with E-state index in [9.17, 15) is 4.79 Å². The summed E-state index contributed by atoms with van der Waals surface area (Å²) in [5.74, 6) is -0.0115. The van der Waals surface area contributed by atoms with Crippen molar-refractivity contribution in [3.05, 3.63) is 34.9 Å². The molecular formula is C14H20N2O2. The van der Waals surface area contributed by atoms with Gasteiger partial charge in [0.05, 0.1) is 0 Å². The van der Waals surface area contributed by atoms with Gasteiger partial charge in [0.2, 0.25) is 0 Å². The van der Waals surface area contributed by atoms with E-state index in [0.29, 0.717) is 5.56 Å². The van der Waals surface area contributed by atoms with Gasteiger partial charge in [-0.05, 0) is 36.1 Å². The Kier molecular flexibility index (Phi) is 3.99. The second-order valence-corrected chi connectivity index (χ2v) is 5.01. The Bertz CT molecular complexity index is 445. The molecule has 0 aromatic heterocycles. The van der Waals surface area contributed by atoms with E-state index < -0.39 is 0 Å². The van der Waals surface area contributed by atoms with Gasteiger partial charge in [0, 0.05) is 31.3 Å². The third-order valence-electron chi connectivity index (χ3n) is 3.60. The minimum atomic E-state index is -0.0718. The molecule has 2 rings (SSSR count). The molecule has 2 atom stereocenters. The monoisotopic (exact) mass is 248 g/mol. The quantitative estimate of drug-likeness (QED) is 0.746. The minimum absolute atomic E-state index is 0.0334. The Labute approximate surface area is 107 Å². The first-order valence-electron chi connectivity index (χ1n) is 6.36. The van der Waals surface area contributed by atoms with Crippen molar-refractivity contribution in [3.8, 4) is 0 Å². The number of aliphatic hydroxyl groups is 1. The van der Waals surface area contributed by atoms with Gasteiger partial charge < -0.3 is 15.7 Å². The summed E-state index contributed by atoms with van der Waals surface area (Å²) in [5.41, 5.74) is 3.16. The van der Waals surface area contributed by atoms with Crippen molar-refractivity contribution in [1.82, 2.24) is 10.6 Å². The summed E-state index contributed by atoms with van der Waals surface area (Å²) in [4.78, 5) is 12.1. The summed E-state index contributed by atoms with van der Waals surface area (Å²) >= 11 is 0. The highest BCUT2D eigenvalue weighted by Crippen LogP contribution is 2.17. The highest BCUT2D eigenvalue weighted by molar-refractivity contribution is 5.94. The first kappa shape index (κ1) is 13.1. The lowest BCUT2D eigenvalue weighted by Gasteiger charge is -2.19. The molecular weight excluding hydrogens is 228 g/mol. The van der Waals surface area contributed by atoms with Gasteiger partial charge in [-0.3, -0.25) is 4.79 Å². The molecule has 1 aromatic carbocycles. The molecule has 1 aliphatic heterocycles. The van der Waals surface area contributed by atoms with Gasteiger partial charge in [-0.1, -0.05) is 13.0 Å². The van der Waals surface area contributed by atoms with Crippen molar-refractivity contribution in [2.45, 2.75) is 33.0 Å². The van der Waals surface area contributed by atoms with Crippen molar-refractivity contribution in [3.63, 3.8) is 0 Å². The average Bonchev–Trinajstić information content (AvgIpc) is 2.84. The van der Waals surface area contributed by atoms with E-state index in [2.05, 4.69) is 10.6 Å². The van der Waals surface area contributed by atoms with Crippen LogP contribution in [0.3, 0.4) is 0 Å². The van der Waals surface area contributed by atoms with Crippen LogP contribution >= 0.6 is 0 Å². The second kappa shape index (κ2) is 5.50. The maximum atomic E-state index is 12.1. The first-order chi connectivity index (χ1) is 8.61. The molecule has 0 bridgehead atoms. The smallest absolute Gasteiger partial charge is 0.251 e. The molecule has 0 saturated carbocycles. The van der Waals surface area contributed by atoms with Crippen molar-refractivity contribution in [1.29, 1.82) is 0 Å². The molecule has 18 heavy (non-hydrogen) atoms. The normalized spacial score (nSPS) is 17.1. The lowest BCUT2D eigenvalue weighted by molar-refractivity contribution is 0.0916. The largest absolute Gasteiger partial charge is 0.396 e. The molecule has 1 aromatic rings. The summed E-state index contributed by atoms with van der Waals surface area (Å²) in [6.07, 6.45) is 0. The first-order valence-corrected chi connectivity index (χ1v) is 6.36. The number of hydrogen-bond donors (Lipinski definition) is 3. The zero-order valence-electron chi connectivity index (χ0n) is 10.9. The van der Waals surface area contributed by atoms with Gasteiger partial charge >= 0.3 is 0 Å². The van der Waals surface area contributed by atoms with E-state index >= 15 is 0 Å². The number of carbonyl (C=O) groups excluding carboxylic acids is 1. The Balaban J connectivity index is 2.05. The Morgan fingerprint density at radius 1 is 1.39 bits per heavy atom. The number of hydrogen-bond acceptors (Lipinski definition) is 3. The predicted molar refractivity (Wildman–Crippen MR) is 70.2 cm³/mol. The van der Waals surface area contributed by atoms with Gasteiger partial charge in [-0.2, -0.15) is 0 Å². The van der Waals surface area contributed by atoms with Crippen LogP contribution < -0.4 is 10.6 Å². The van der Waals surface area contributed by atoms with Gasteiger partial charge in [0.25, 0.3) is 5.91 Å². The molecule has 98 valence electrons. The Hall–Kier alpha value is -1.39. The third kappa shape index (κ3) is 2.71. The fraction of sp³-hybridized carbons (Fsp3) is 0.500. The molecule has 0 spiro atoms. The van der Waals surface area contributed by atoms with Crippen molar-refractivity contribution < 1.29 is 9.90 Å². The van der Waals surface area contributed by atoms with E-state index in [1.165, 1.54) is 11.1 Å². The molecule has 2 unspecified atom stereocenters. The third-order valence-corrected chi connectivity index (χ3v) is 3.60. The molecule has 0 radical (unpaired) electrons. The van der Waals surface area contributed by atoms with Crippen LogP contribution in [0.2, 0.25) is 0 Å². The zero-order valence-corrected chi connectivity index (χ0v) is 10.9. The van der Waals surface area contributed by atoms with E-state index in [1.807, 2.05) is 32.0 Å². The van der Waals surface area contributed by atoms with E-state index in [0.717, 1.165) is 13.1 Å². The topological polar surface area (TPSA) is 61.4 Å². The van der Waals surface area contributed by atoms with Gasteiger partial charge in [-0.15, -0.1) is 0 Å². The number of nitrogens with one attached hydrogen (secondary N) is 2. The maximum Gasteiger partial charge on any atom is 0.251 e. The highest BCUT2D eigenvalue weighted by Gasteiger charge is 2.17. The minimum Gasteiger partial charge on any atom is -0.396 e. The van der Waals surface area contributed by atoms with Crippen LogP contribution in [0.1, 0.15) is 35.3 Å². The molecule has 4 nitrogen and oxygen atoms in total. The van der Waals surface area contributed by atoms with Crippen LogP contribution in [0.5, 0.6) is 0 Å². The van der Waals surface area contributed by atoms with Crippen LogP contribution in [-0.2, 0) is 13.1 Å². The summed E-state index contributed by atoms with van der Waals surface area (Å²) in [7, 11) is 0. The van der Waals surface area contributed by atoms with Crippen LogP contribution in [0, 0.1) is 5.92 Å². The number of aliphatic hydroxyl groups excluding tert-OH is 1. The summed E-state index contributed by atoms with van der Waals surface area (Å²) < 4.78 is 0. The standard InChI is InChI=1S/C14H20N2O2/c1-9(8-17)10(2)16-14(18)11-3-4-12-6-15-7-13(12)5-11/h3-5,9-10,15,17H,6-8H2,1-2H3,(H,16,18). The molecule has 3 N–H and O–H groups in total. The van der Waals surface area contributed by atoms with Crippen LogP contribution in [0.25, 0.3) is 0 Å². The molecule has 4 heteroatoms. The van der Waals surface area contributed by atoms with E-state index in [-0.39, 0.29) is 24.5 Å². The van der Waals surface area contributed by atoms with Gasteiger partial charge in [0.15, 0.2) is 0 Å². The number of carbonyl (C=O) groups is 1. The maximum absolute atomic E-state index is 12.1. The van der Waals surface area contributed by atoms with Crippen LogP contribution in [-0.4, -0.2) is 23.7 Å². The summed E-state index contributed by atoms with van der Waals surface area (Å²) in [5, 5.41) is 15.2. The number of rotatable bonds is 4. The Morgan fingerprint density at radius 2 is 2.11 bits per heavy atom. The molecule has 0 saturated heterocycles. The number of benzene rings is 1. The molecule has 0 aliphatic carbocycles. The van der Waals surface area contributed by atoms with Crippen LogP contribution in [0.15, 0.2) is 18.2 Å². The number of fused-ring (bicyclic) bond motifs is 1. The zero-order chi connectivity index (χ0) is 13.1. The predicted octanol–water partition coefficient (Wildman–Crippen LogP) is 1.04. The van der Waals surface area contributed by atoms with Crippen molar-refractivity contribution in [2.75, 3.05) is 6.61 Å². The van der Waals surface area contributed by atoms with E-state index in [4.69, 9.17) is 5.11 Å². The van der Waals surface area contributed by atoms with Crippen molar-refractivity contribution >= 4 is 5.91 Å². The lowest BCUT2D eigenvalue weighted by Crippen LogP contribution is -2.38. The lowest BCUT2D eigenvalue weighted by atomic mass is 10.0. The highest BCUT2D eigenvalue weighted by atomic mass is 16.3. The van der Waals surface area contributed by atoms with Gasteiger partial charge in [-0.25, -0.2) is 0 Å². The summed E-state index contributed by atoms with van der Waals surface area (Å²) in [6.45, 7) is 5.62. The molecule has 1 aliphatic rings. The van der Waals surface area contributed by atoms with Crippen molar-refractivity contribution in [2.24, 2.45) is 5.92 Å². The fourth-order valence-electron chi connectivity index (χ4n) is 2.03. The summed E-state index contributed by atoms with van der Waals surface area (Å²) in [6, 6.07) is 5.77.